The number of aromatic amines is 1. The molecule has 1 saturated heterocycles. The van der Waals surface area contributed by atoms with Crippen LogP contribution in [0.15, 0.2) is 47.4 Å². The Balaban J connectivity index is 1.51. The molecule has 0 radical (unpaired) electrons. The lowest BCUT2D eigenvalue weighted by Gasteiger charge is -2.26. The zero-order chi connectivity index (χ0) is 20.4. The molecule has 152 valence electrons. The Labute approximate surface area is 172 Å². The molecule has 0 saturated carbocycles. The summed E-state index contributed by atoms with van der Waals surface area (Å²) >= 11 is 1.62. The van der Waals surface area contributed by atoms with Crippen molar-refractivity contribution in [2.24, 2.45) is 0 Å². The van der Waals surface area contributed by atoms with Crippen molar-refractivity contribution in [1.82, 2.24) is 14.5 Å². The molecule has 1 fully saturated rings. The lowest BCUT2D eigenvalue weighted by Crippen LogP contribution is -2.40. The number of anilines is 1. The molecule has 0 bridgehead atoms. The first-order valence-electron chi connectivity index (χ1n) is 9.05. The lowest BCUT2D eigenvalue weighted by atomic mass is 10.2. The Hall–Kier alpha value is -2.53. The van der Waals surface area contributed by atoms with E-state index in [4.69, 9.17) is 4.74 Å². The van der Waals surface area contributed by atoms with Gasteiger partial charge in [0.05, 0.1) is 28.7 Å². The summed E-state index contributed by atoms with van der Waals surface area (Å²) < 4.78 is 32.2. The molecule has 0 unspecified atom stereocenters. The summed E-state index contributed by atoms with van der Waals surface area (Å²) in [6.45, 7) is 3.36. The predicted octanol–water partition coefficient (Wildman–Crippen LogP) is 2.72. The van der Waals surface area contributed by atoms with E-state index in [1.165, 1.54) is 21.3 Å². The molecule has 1 aromatic carbocycles. The number of hydrogen-bond donors (Lipinski definition) is 2. The number of aryl methyl sites for hydroxylation is 1. The summed E-state index contributed by atoms with van der Waals surface area (Å²) in [6.07, 6.45) is 0. The number of aromatic nitrogens is 2. The number of morpholine rings is 1. The van der Waals surface area contributed by atoms with Crippen LogP contribution in [0.3, 0.4) is 0 Å². The van der Waals surface area contributed by atoms with Crippen molar-refractivity contribution < 1.29 is 17.9 Å². The molecule has 0 spiro atoms. The monoisotopic (exact) mass is 432 g/mol. The number of carbonyl (C=O) groups is 1. The van der Waals surface area contributed by atoms with E-state index in [9.17, 15) is 13.2 Å². The first-order chi connectivity index (χ1) is 13.9. The highest BCUT2D eigenvalue weighted by atomic mass is 32.2. The normalized spacial score (nSPS) is 15.3. The average Bonchev–Trinajstić information content (AvgIpc) is 3.37. The third-order valence-electron chi connectivity index (χ3n) is 4.53. The molecule has 2 aromatic heterocycles. The van der Waals surface area contributed by atoms with Gasteiger partial charge in [-0.25, -0.2) is 8.42 Å². The third-order valence-corrected chi connectivity index (χ3v) is 7.46. The van der Waals surface area contributed by atoms with Gasteiger partial charge in [0.25, 0.3) is 5.91 Å². The van der Waals surface area contributed by atoms with Crippen LogP contribution in [0.2, 0.25) is 0 Å². The van der Waals surface area contributed by atoms with Crippen LogP contribution in [0, 0.1) is 6.92 Å². The number of hydrogen-bond acceptors (Lipinski definition) is 6. The lowest BCUT2D eigenvalue weighted by molar-refractivity contribution is 0.0730. The fraction of sp³-hybridized carbons (Fsp3) is 0.263. The minimum atomic E-state index is -3.67. The smallest absolute Gasteiger partial charge is 0.256 e. The van der Waals surface area contributed by atoms with Gasteiger partial charge < -0.3 is 10.1 Å². The van der Waals surface area contributed by atoms with Gasteiger partial charge in [-0.05, 0) is 37.3 Å². The van der Waals surface area contributed by atoms with Gasteiger partial charge >= 0.3 is 0 Å². The van der Waals surface area contributed by atoms with Crippen LogP contribution in [0.1, 0.15) is 15.2 Å². The van der Waals surface area contributed by atoms with E-state index in [0.717, 1.165) is 10.6 Å². The van der Waals surface area contributed by atoms with Gasteiger partial charge in [-0.15, -0.1) is 11.3 Å². The maximum Gasteiger partial charge on any atom is 0.256 e. The molecule has 0 aliphatic carbocycles. The van der Waals surface area contributed by atoms with E-state index in [2.05, 4.69) is 15.5 Å². The first kappa shape index (κ1) is 19.8. The Kier molecular flexibility index (Phi) is 5.50. The second-order valence-corrected chi connectivity index (χ2v) is 9.80. The van der Waals surface area contributed by atoms with Crippen molar-refractivity contribution in [3.05, 3.63) is 52.9 Å². The van der Waals surface area contributed by atoms with E-state index in [0.29, 0.717) is 32.1 Å². The topological polar surface area (TPSA) is 104 Å². The largest absolute Gasteiger partial charge is 0.379 e. The summed E-state index contributed by atoms with van der Waals surface area (Å²) in [7, 11) is -3.67. The minimum Gasteiger partial charge on any atom is -0.379 e. The number of amides is 1. The third kappa shape index (κ3) is 4.25. The molecular formula is C19H20N4O4S2. The first-order valence-corrected chi connectivity index (χ1v) is 11.3. The number of nitrogens with zero attached hydrogens (tertiary/aromatic N) is 2. The maximum absolute atomic E-state index is 12.8. The number of nitrogens with one attached hydrogen (secondary N) is 2. The van der Waals surface area contributed by atoms with Gasteiger partial charge in [-0.1, -0.05) is 6.07 Å². The fourth-order valence-corrected chi connectivity index (χ4v) is 5.30. The van der Waals surface area contributed by atoms with Gasteiger partial charge in [-0.3, -0.25) is 9.89 Å². The van der Waals surface area contributed by atoms with Crippen molar-refractivity contribution in [3.8, 4) is 10.6 Å². The number of sulfonamides is 1. The summed E-state index contributed by atoms with van der Waals surface area (Å²) in [5, 5.41) is 9.73. The van der Waals surface area contributed by atoms with Crippen LogP contribution in [0.25, 0.3) is 10.6 Å². The molecule has 8 nitrogen and oxygen atoms in total. The molecule has 3 aromatic rings. The van der Waals surface area contributed by atoms with Crippen molar-refractivity contribution in [2.45, 2.75) is 11.8 Å². The molecular weight excluding hydrogens is 412 g/mol. The SMILES string of the molecule is Cc1ccc(-c2cc(NC(=O)c3cccc(S(=O)(=O)N4CCOCC4)c3)n[nH]2)s1. The highest BCUT2D eigenvalue weighted by Gasteiger charge is 2.27. The Morgan fingerprint density at radius 2 is 2.00 bits per heavy atom. The number of rotatable bonds is 5. The highest BCUT2D eigenvalue weighted by molar-refractivity contribution is 7.89. The van der Waals surface area contributed by atoms with E-state index < -0.39 is 15.9 Å². The number of thiophene rings is 1. The van der Waals surface area contributed by atoms with Crippen LogP contribution in [0.5, 0.6) is 0 Å². The van der Waals surface area contributed by atoms with Crippen molar-refractivity contribution in [3.63, 3.8) is 0 Å². The zero-order valence-corrected chi connectivity index (χ0v) is 17.3. The number of benzene rings is 1. The average molecular weight is 433 g/mol. The van der Waals surface area contributed by atoms with Crippen LogP contribution < -0.4 is 5.32 Å². The highest BCUT2D eigenvalue weighted by Crippen LogP contribution is 2.27. The van der Waals surface area contributed by atoms with Gasteiger partial charge in [0, 0.05) is 29.6 Å². The summed E-state index contributed by atoms with van der Waals surface area (Å²) in [4.78, 5) is 14.9. The second kappa shape index (κ2) is 8.07. The van der Waals surface area contributed by atoms with Crippen LogP contribution >= 0.6 is 11.3 Å². The van der Waals surface area contributed by atoms with Crippen LogP contribution in [-0.2, 0) is 14.8 Å². The molecule has 4 rings (SSSR count). The Morgan fingerprint density at radius 1 is 1.21 bits per heavy atom. The summed E-state index contributed by atoms with van der Waals surface area (Å²) in [5.41, 5.74) is 1.05. The second-order valence-electron chi connectivity index (χ2n) is 6.58. The summed E-state index contributed by atoms with van der Waals surface area (Å²) in [6, 6.07) is 11.8. The molecule has 2 N–H and O–H groups in total. The van der Waals surface area contributed by atoms with Gasteiger partial charge in [-0.2, -0.15) is 9.40 Å². The van der Waals surface area contributed by atoms with Crippen LogP contribution in [-0.4, -0.2) is 55.1 Å². The maximum atomic E-state index is 12.8. The van der Waals surface area contributed by atoms with Gasteiger partial charge in [0.2, 0.25) is 10.0 Å². The fourth-order valence-electron chi connectivity index (χ4n) is 3.01. The van der Waals surface area contributed by atoms with E-state index in [1.54, 1.807) is 29.5 Å². The van der Waals surface area contributed by atoms with E-state index in [-0.39, 0.29) is 10.5 Å². The standard InChI is InChI=1S/C19H20N4O4S2/c1-13-5-6-17(28-13)16-12-18(22-21-16)20-19(24)14-3-2-4-15(11-14)29(25,26)23-7-9-27-10-8-23/h2-6,11-12H,7-10H2,1H3,(H2,20,21,22,24). The molecule has 1 aliphatic heterocycles. The molecule has 10 heteroatoms. The quantitative estimate of drug-likeness (QED) is 0.645. The summed E-state index contributed by atoms with van der Waals surface area (Å²) in [5.74, 6) is -0.0538. The molecule has 1 amide bonds. The predicted molar refractivity (Wildman–Crippen MR) is 111 cm³/mol. The van der Waals surface area contributed by atoms with E-state index >= 15 is 0 Å². The van der Waals surface area contributed by atoms with E-state index in [1.807, 2.05) is 19.1 Å². The Morgan fingerprint density at radius 3 is 2.72 bits per heavy atom. The van der Waals surface area contributed by atoms with Crippen molar-refractivity contribution >= 4 is 33.1 Å². The van der Waals surface area contributed by atoms with Gasteiger partial charge in [0.1, 0.15) is 0 Å². The van der Waals surface area contributed by atoms with Crippen LogP contribution in [0.4, 0.5) is 5.82 Å². The number of carbonyl (C=O) groups excluding carboxylic acids is 1. The molecule has 0 atom stereocenters. The number of H-pyrrole nitrogens is 1. The van der Waals surface area contributed by atoms with Gasteiger partial charge in [0.15, 0.2) is 5.82 Å². The molecule has 3 heterocycles. The molecule has 29 heavy (non-hydrogen) atoms. The minimum absolute atomic E-state index is 0.0869. The molecule has 1 aliphatic rings. The zero-order valence-electron chi connectivity index (χ0n) is 15.7. The van der Waals surface area contributed by atoms with Crippen molar-refractivity contribution in [2.75, 3.05) is 31.6 Å². The number of ether oxygens (including phenoxy) is 1. The van der Waals surface area contributed by atoms with Crippen molar-refractivity contribution in [1.29, 1.82) is 0 Å². The Bertz CT molecular complexity index is 1130.